The van der Waals surface area contributed by atoms with Crippen molar-refractivity contribution < 1.29 is 4.74 Å². The molecule has 3 N–H and O–H groups in total. The van der Waals surface area contributed by atoms with E-state index in [-0.39, 0.29) is 0 Å². The van der Waals surface area contributed by atoms with Crippen molar-refractivity contribution in [3.8, 4) is 5.75 Å². The number of anilines is 3. The summed E-state index contributed by atoms with van der Waals surface area (Å²) in [6.07, 6.45) is 1.72. The Balaban J connectivity index is 2.41. The van der Waals surface area contributed by atoms with Gasteiger partial charge < -0.3 is 15.8 Å². The first-order valence-electron chi connectivity index (χ1n) is 5.54. The zero-order valence-electron chi connectivity index (χ0n) is 10.5. The number of methoxy groups -OCH3 is 1. The van der Waals surface area contributed by atoms with Crippen LogP contribution in [-0.4, -0.2) is 12.1 Å². The molecule has 2 aromatic rings. The molecule has 0 bridgehead atoms. The molecule has 6 heteroatoms. The Morgan fingerprint density at radius 3 is 2.68 bits per heavy atom. The summed E-state index contributed by atoms with van der Waals surface area (Å²) in [4.78, 5) is 4.24. The third kappa shape index (κ3) is 3.01. The van der Waals surface area contributed by atoms with E-state index in [0.29, 0.717) is 11.5 Å². The van der Waals surface area contributed by atoms with Crippen LogP contribution >= 0.6 is 31.9 Å². The predicted octanol–water partition coefficient (Wildman–Crippen LogP) is 4.25. The van der Waals surface area contributed by atoms with Gasteiger partial charge in [0.1, 0.15) is 5.75 Å². The highest BCUT2D eigenvalue weighted by atomic mass is 79.9. The van der Waals surface area contributed by atoms with Crippen molar-refractivity contribution in [1.29, 1.82) is 0 Å². The molecule has 0 spiro atoms. The Labute approximate surface area is 128 Å². The summed E-state index contributed by atoms with van der Waals surface area (Å²) in [5.74, 6) is 1.36. The van der Waals surface area contributed by atoms with Gasteiger partial charge >= 0.3 is 0 Å². The Morgan fingerprint density at radius 2 is 2.00 bits per heavy atom. The highest BCUT2D eigenvalue weighted by Gasteiger charge is 2.10. The number of pyridine rings is 1. The van der Waals surface area contributed by atoms with Crippen molar-refractivity contribution >= 4 is 49.1 Å². The average molecular weight is 387 g/mol. The fourth-order valence-electron chi connectivity index (χ4n) is 1.58. The minimum atomic E-state index is 0.630. The monoisotopic (exact) mass is 385 g/mol. The second-order valence-corrected chi connectivity index (χ2v) is 5.69. The molecular formula is C13H13Br2N3O. The summed E-state index contributed by atoms with van der Waals surface area (Å²) in [5.41, 5.74) is 8.46. The van der Waals surface area contributed by atoms with Gasteiger partial charge in [0.15, 0.2) is 5.82 Å². The molecule has 100 valence electrons. The topological polar surface area (TPSA) is 60.2 Å². The van der Waals surface area contributed by atoms with Crippen LogP contribution in [0.5, 0.6) is 5.75 Å². The fraction of sp³-hybridized carbons (Fsp3) is 0.154. The summed E-state index contributed by atoms with van der Waals surface area (Å²) in [5, 5.41) is 3.20. The third-order valence-corrected chi connectivity index (χ3v) is 3.98. The summed E-state index contributed by atoms with van der Waals surface area (Å²) < 4.78 is 7.04. The van der Waals surface area contributed by atoms with Crippen molar-refractivity contribution in [2.24, 2.45) is 0 Å². The van der Waals surface area contributed by atoms with E-state index in [1.165, 1.54) is 0 Å². The molecule has 1 aromatic heterocycles. The summed E-state index contributed by atoms with van der Waals surface area (Å²) in [6, 6.07) is 5.66. The zero-order valence-corrected chi connectivity index (χ0v) is 13.7. The molecule has 0 amide bonds. The molecule has 2 rings (SSSR count). The first-order chi connectivity index (χ1) is 9.02. The smallest absolute Gasteiger partial charge is 0.153 e. The molecule has 0 atom stereocenters. The van der Waals surface area contributed by atoms with Crippen molar-refractivity contribution in [3.05, 3.63) is 38.9 Å². The zero-order chi connectivity index (χ0) is 14.0. The number of aryl methyl sites for hydroxylation is 1. The summed E-state index contributed by atoms with van der Waals surface area (Å²) >= 11 is 6.92. The van der Waals surface area contributed by atoms with Crippen LogP contribution in [-0.2, 0) is 0 Å². The highest BCUT2D eigenvalue weighted by molar-refractivity contribution is 9.11. The van der Waals surface area contributed by atoms with E-state index in [2.05, 4.69) is 42.2 Å². The van der Waals surface area contributed by atoms with E-state index in [1.54, 1.807) is 13.3 Å². The average Bonchev–Trinajstić information content (AvgIpc) is 2.38. The Kier molecular flexibility index (Phi) is 4.31. The molecule has 19 heavy (non-hydrogen) atoms. The predicted molar refractivity (Wildman–Crippen MR) is 85.1 cm³/mol. The number of aromatic nitrogens is 1. The first kappa shape index (κ1) is 14.1. The number of ether oxygens (including phenoxy) is 1. The van der Waals surface area contributed by atoms with E-state index >= 15 is 0 Å². The van der Waals surface area contributed by atoms with E-state index in [9.17, 15) is 0 Å². The Hall–Kier alpha value is -1.27. The molecule has 4 nitrogen and oxygen atoms in total. The first-order valence-corrected chi connectivity index (χ1v) is 7.12. The van der Waals surface area contributed by atoms with Gasteiger partial charge in [0.25, 0.3) is 0 Å². The van der Waals surface area contributed by atoms with Crippen LogP contribution in [0.4, 0.5) is 17.2 Å². The molecule has 0 unspecified atom stereocenters. The van der Waals surface area contributed by atoms with Gasteiger partial charge in [-0.3, -0.25) is 0 Å². The lowest BCUT2D eigenvalue weighted by Gasteiger charge is -2.13. The van der Waals surface area contributed by atoms with Gasteiger partial charge in [-0.2, -0.15) is 0 Å². The summed E-state index contributed by atoms with van der Waals surface area (Å²) in [6.45, 7) is 1.94. The highest BCUT2D eigenvalue weighted by Crippen LogP contribution is 2.36. The minimum Gasteiger partial charge on any atom is -0.495 e. The maximum absolute atomic E-state index is 6.00. The number of nitrogens with two attached hydrogens (primary N) is 1. The molecule has 0 saturated carbocycles. The number of nitrogens with zero attached hydrogens (tertiary/aromatic N) is 1. The molecule has 0 aliphatic rings. The maximum atomic E-state index is 6.00. The van der Waals surface area contributed by atoms with Crippen molar-refractivity contribution in [3.63, 3.8) is 0 Å². The van der Waals surface area contributed by atoms with E-state index in [1.807, 2.05) is 25.1 Å². The van der Waals surface area contributed by atoms with Crippen LogP contribution in [0.2, 0.25) is 0 Å². The van der Waals surface area contributed by atoms with Gasteiger partial charge in [0.05, 0.1) is 23.0 Å². The number of halogens is 2. The lowest BCUT2D eigenvalue weighted by molar-refractivity contribution is 0.412. The number of hydrogen-bond donors (Lipinski definition) is 2. The lowest BCUT2D eigenvalue weighted by atomic mass is 10.2. The Morgan fingerprint density at radius 1 is 1.26 bits per heavy atom. The fourth-order valence-corrected chi connectivity index (χ4v) is 2.83. The van der Waals surface area contributed by atoms with Crippen molar-refractivity contribution in [1.82, 2.24) is 4.98 Å². The van der Waals surface area contributed by atoms with Crippen molar-refractivity contribution in [2.45, 2.75) is 6.92 Å². The second kappa shape index (κ2) is 5.79. The molecule has 0 aliphatic heterocycles. The molecular weight excluding hydrogens is 374 g/mol. The van der Waals surface area contributed by atoms with Gasteiger partial charge in [-0.15, -0.1) is 0 Å². The van der Waals surface area contributed by atoms with Crippen molar-refractivity contribution in [2.75, 3.05) is 18.2 Å². The second-order valence-electron chi connectivity index (χ2n) is 3.98. The molecule has 0 fully saturated rings. The van der Waals surface area contributed by atoms with Crippen LogP contribution < -0.4 is 15.8 Å². The van der Waals surface area contributed by atoms with Crippen LogP contribution in [0.15, 0.2) is 33.3 Å². The van der Waals surface area contributed by atoms with Crippen LogP contribution in [0.1, 0.15) is 5.56 Å². The minimum absolute atomic E-state index is 0.630. The number of benzene rings is 1. The molecule has 0 saturated heterocycles. The van der Waals surface area contributed by atoms with E-state index in [0.717, 1.165) is 25.9 Å². The lowest BCUT2D eigenvalue weighted by Crippen LogP contribution is -2.01. The number of nitrogens with one attached hydrogen (secondary N) is 1. The van der Waals surface area contributed by atoms with E-state index in [4.69, 9.17) is 10.5 Å². The quantitative estimate of drug-likeness (QED) is 0.827. The van der Waals surface area contributed by atoms with Gasteiger partial charge in [-0.25, -0.2) is 4.98 Å². The van der Waals surface area contributed by atoms with Crippen LogP contribution in [0, 0.1) is 6.92 Å². The molecule has 1 aromatic carbocycles. The number of rotatable bonds is 3. The normalized spacial score (nSPS) is 10.3. The molecule has 0 aliphatic carbocycles. The van der Waals surface area contributed by atoms with E-state index < -0.39 is 0 Å². The summed E-state index contributed by atoms with van der Waals surface area (Å²) in [7, 11) is 1.62. The van der Waals surface area contributed by atoms with Crippen LogP contribution in [0.3, 0.4) is 0 Å². The third-order valence-electron chi connectivity index (χ3n) is 2.70. The van der Waals surface area contributed by atoms with Crippen LogP contribution in [0.25, 0.3) is 0 Å². The van der Waals surface area contributed by atoms with Gasteiger partial charge in [0.2, 0.25) is 0 Å². The SMILES string of the molecule is COc1cc(Nc2nccc(C)c2N)c(Br)cc1Br. The maximum Gasteiger partial charge on any atom is 0.153 e. The van der Waals surface area contributed by atoms with Gasteiger partial charge in [-0.1, -0.05) is 0 Å². The van der Waals surface area contributed by atoms with Gasteiger partial charge in [-0.05, 0) is 56.5 Å². The largest absolute Gasteiger partial charge is 0.495 e. The molecule has 0 radical (unpaired) electrons. The Bertz CT molecular complexity index is 617. The number of hydrogen-bond acceptors (Lipinski definition) is 4. The molecule has 1 heterocycles. The number of nitrogen functional groups attached to an aromatic ring is 1. The van der Waals surface area contributed by atoms with Gasteiger partial charge in [0, 0.05) is 16.7 Å². The standard InChI is InChI=1S/C13H13Br2N3O/c1-7-3-4-17-13(12(7)16)18-10-6-11(19-2)9(15)5-8(10)14/h3-6H,16H2,1-2H3,(H,17,18).